The minimum atomic E-state index is -2.01. The Balaban J connectivity index is 1.78. The highest BCUT2D eigenvalue weighted by Crippen LogP contribution is 2.39. The third kappa shape index (κ3) is 6.00. The molecule has 1 fully saturated rings. The summed E-state index contributed by atoms with van der Waals surface area (Å²) in [6.45, 7) is 23.8. The fraction of sp³-hybridized carbons (Fsp3) is 0.792. The van der Waals surface area contributed by atoms with Crippen molar-refractivity contribution in [3.8, 4) is 0 Å². The SMILES string of the molecule is CC(C)(C)[Si](C)(C)OCCN[C@H]1[C@H](O)[C@H](n2cnc3c(N)ncnc32)O[C@@H]1CO[Si](C)(C)C(C)(C)C. The highest BCUT2D eigenvalue weighted by Gasteiger charge is 2.47. The Kier molecular flexibility index (Phi) is 8.41. The van der Waals surface area contributed by atoms with E-state index in [0.29, 0.717) is 36.7 Å². The number of imidazole rings is 1. The minimum Gasteiger partial charge on any atom is -0.416 e. The topological polar surface area (TPSA) is 130 Å². The predicted octanol–water partition coefficient (Wildman–Crippen LogP) is 3.67. The molecule has 0 amide bonds. The number of fused-ring (bicyclic) bond motifs is 1. The average molecular weight is 539 g/mol. The van der Waals surface area contributed by atoms with Crippen molar-refractivity contribution < 1.29 is 18.7 Å². The van der Waals surface area contributed by atoms with Crippen molar-refractivity contribution in [1.82, 2.24) is 24.8 Å². The van der Waals surface area contributed by atoms with Gasteiger partial charge in [-0.3, -0.25) is 4.57 Å². The van der Waals surface area contributed by atoms with Gasteiger partial charge in [-0.1, -0.05) is 41.5 Å². The summed E-state index contributed by atoms with van der Waals surface area (Å²) in [6.07, 6.45) is 1.10. The lowest BCUT2D eigenvalue weighted by Crippen LogP contribution is -2.50. The van der Waals surface area contributed by atoms with Crippen molar-refractivity contribution in [2.75, 3.05) is 25.5 Å². The summed E-state index contributed by atoms with van der Waals surface area (Å²) in [4.78, 5) is 12.7. The molecule has 0 spiro atoms. The summed E-state index contributed by atoms with van der Waals surface area (Å²) in [7, 11) is -3.87. The molecule has 4 N–H and O–H groups in total. The van der Waals surface area contributed by atoms with Crippen molar-refractivity contribution >= 4 is 33.6 Å². The largest absolute Gasteiger partial charge is 0.416 e. The number of nitrogens with two attached hydrogens (primary N) is 1. The number of rotatable bonds is 9. The molecule has 204 valence electrons. The molecule has 0 unspecified atom stereocenters. The number of aliphatic hydroxyl groups excluding tert-OH is 1. The van der Waals surface area contributed by atoms with Crippen LogP contribution in [0, 0.1) is 0 Å². The minimum absolute atomic E-state index is 0.0680. The summed E-state index contributed by atoms with van der Waals surface area (Å²) in [5, 5.41) is 15.1. The number of nitrogens with zero attached hydrogens (tertiary/aromatic N) is 4. The Morgan fingerprint density at radius 2 is 1.64 bits per heavy atom. The number of hydrogen-bond donors (Lipinski definition) is 3. The van der Waals surface area contributed by atoms with E-state index < -0.39 is 29.0 Å². The number of ether oxygens (including phenoxy) is 1. The van der Waals surface area contributed by atoms with Gasteiger partial charge in [0.15, 0.2) is 34.3 Å². The quantitative estimate of drug-likeness (QED) is 0.323. The van der Waals surface area contributed by atoms with Crippen LogP contribution in [0.3, 0.4) is 0 Å². The van der Waals surface area contributed by atoms with Crippen LogP contribution in [0.1, 0.15) is 47.8 Å². The lowest BCUT2D eigenvalue weighted by Gasteiger charge is -2.37. The van der Waals surface area contributed by atoms with Crippen LogP contribution in [0.25, 0.3) is 11.2 Å². The van der Waals surface area contributed by atoms with E-state index in [-0.39, 0.29) is 22.2 Å². The van der Waals surface area contributed by atoms with Crippen LogP contribution in [0.15, 0.2) is 12.7 Å². The lowest BCUT2D eigenvalue weighted by atomic mass is 10.1. The molecule has 2 aromatic rings. The zero-order chi connectivity index (χ0) is 27.1. The molecule has 4 atom stereocenters. The molecular weight excluding hydrogens is 492 g/mol. The van der Waals surface area contributed by atoms with Crippen LogP contribution in [0.4, 0.5) is 5.82 Å². The number of aromatic nitrogens is 4. The second kappa shape index (κ2) is 10.4. The van der Waals surface area contributed by atoms with Crippen LogP contribution >= 0.6 is 0 Å². The first-order chi connectivity index (χ1) is 16.5. The summed E-state index contributed by atoms with van der Waals surface area (Å²) in [6, 6.07) is -0.348. The molecule has 10 nitrogen and oxygen atoms in total. The number of nitrogens with one attached hydrogen (secondary N) is 1. The van der Waals surface area contributed by atoms with E-state index in [1.54, 1.807) is 10.9 Å². The van der Waals surface area contributed by atoms with Crippen LogP contribution in [-0.4, -0.2) is 79.3 Å². The third-order valence-corrected chi connectivity index (χ3v) is 17.2. The van der Waals surface area contributed by atoms with E-state index in [2.05, 4.69) is 88.0 Å². The van der Waals surface area contributed by atoms with Gasteiger partial charge in [-0.15, -0.1) is 0 Å². The lowest BCUT2D eigenvalue weighted by molar-refractivity contribution is -0.0473. The third-order valence-electron chi connectivity index (χ3n) is 8.20. The van der Waals surface area contributed by atoms with E-state index in [4.69, 9.17) is 19.3 Å². The van der Waals surface area contributed by atoms with Crippen molar-refractivity contribution in [1.29, 1.82) is 0 Å². The molecule has 1 aliphatic heterocycles. The maximum absolute atomic E-state index is 11.4. The standard InChI is InChI=1S/C24H46N6O4Si2/c1-23(2,3)35(7,8)32-12-11-26-17-16(13-33-36(9,10)24(4,5)6)34-22(19(17)31)30-15-29-18-20(25)27-14-28-21(18)30/h14-17,19,22,26,31H,11-13H2,1-10H3,(H2,25,27,28)/t16-,17-,19+,22-/m1/s1. The molecule has 12 heteroatoms. The van der Waals surface area contributed by atoms with Gasteiger partial charge in [0.2, 0.25) is 0 Å². The number of nitrogen functional groups attached to an aromatic ring is 1. The molecule has 3 rings (SSSR count). The van der Waals surface area contributed by atoms with Gasteiger partial charge in [-0.2, -0.15) is 0 Å². The van der Waals surface area contributed by atoms with Crippen molar-refractivity contribution in [2.45, 2.75) is 102 Å². The molecule has 1 aliphatic rings. The zero-order valence-corrected chi connectivity index (χ0v) is 25.6. The molecule has 36 heavy (non-hydrogen) atoms. The first kappa shape index (κ1) is 29.1. The van der Waals surface area contributed by atoms with Gasteiger partial charge in [-0.05, 0) is 36.3 Å². The molecule has 2 aromatic heterocycles. The van der Waals surface area contributed by atoms with Gasteiger partial charge in [0, 0.05) is 13.2 Å². The Bertz CT molecular complexity index is 1030. The first-order valence-corrected chi connectivity index (χ1v) is 18.6. The Morgan fingerprint density at radius 1 is 1.03 bits per heavy atom. The smallest absolute Gasteiger partial charge is 0.192 e. The van der Waals surface area contributed by atoms with E-state index in [1.165, 1.54) is 6.33 Å². The van der Waals surface area contributed by atoms with E-state index in [1.807, 2.05) is 0 Å². The molecule has 1 saturated heterocycles. The Labute approximate surface area is 217 Å². The summed E-state index contributed by atoms with van der Waals surface area (Å²) >= 11 is 0. The summed E-state index contributed by atoms with van der Waals surface area (Å²) < 4.78 is 21.0. The fourth-order valence-corrected chi connectivity index (χ4v) is 5.74. The first-order valence-electron chi connectivity index (χ1n) is 12.7. The molecule has 0 bridgehead atoms. The summed E-state index contributed by atoms with van der Waals surface area (Å²) in [5.74, 6) is 0.293. The maximum atomic E-state index is 11.4. The zero-order valence-electron chi connectivity index (χ0n) is 23.6. The van der Waals surface area contributed by atoms with Crippen molar-refractivity contribution in [3.05, 3.63) is 12.7 Å². The second-order valence-corrected chi connectivity index (χ2v) is 22.4. The number of aliphatic hydroxyl groups is 1. The van der Waals surface area contributed by atoms with E-state index >= 15 is 0 Å². The van der Waals surface area contributed by atoms with Crippen LogP contribution in [0.2, 0.25) is 36.3 Å². The van der Waals surface area contributed by atoms with Crippen molar-refractivity contribution in [2.24, 2.45) is 0 Å². The van der Waals surface area contributed by atoms with Gasteiger partial charge in [0.05, 0.1) is 19.0 Å². The molecule has 3 heterocycles. The van der Waals surface area contributed by atoms with Gasteiger partial charge in [0.25, 0.3) is 0 Å². The Morgan fingerprint density at radius 3 is 2.25 bits per heavy atom. The molecular formula is C24H46N6O4Si2. The molecule has 0 aromatic carbocycles. The number of anilines is 1. The predicted molar refractivity (Wildman–Crippen MR) is 148 cm³/mol. The molecule has 0 aliphatic carbocycles. The monoisotopic (exact) mass is 538 g/mol. The average Bonchev–Trinajstić information content (AvgIpc) is 3.30. The Hall–Kier alpha value is -1.42. The van der Waals surface area contributed by atoms with Gasteiger partial charge >= 0.3 is 0 Å². The molecule has 0 saturated carbocycles. The van der Waals surface area contributed by atoms with E-state index in [0.717, 1.165) is 0 Å². The second-order valence-electron chi connectivity index (χ2n) is 12.8. The van der Waals surface area contributed by atoms with Crippen LogP contribution in [-0.2, 0) is 13.6 Å². The highest BCUT2D eigenvalue weighted by atomic mass is 28.4. The van der Waals surface area contributed by atoms with Gasteiger partial charge in [0.1, 0.15) is 24.1 Å². The summed E-state index contributed by atoms with van der Waals surface area (Å²) in [5.41, 5.74) is 6.98. The fourth-order valence-electron chi connectivity index (χ4n) is 3.68. The highest BCUT2D eigenvalue weighted by molar-refractivity contribution is 6.74. The normalized spacial score (nSPS) is 24.1. The van der Waals surface area contributed by atoms with Gasteiger partial charge in [-0.25, -0.2) is 15.0 Å². The van der Waals surface area contributed by atoms with Crippen molar-refractivity contribution in [3.63, 3.8) is 0 Å². The van der Waals surface area contributed by atoms with Crippen LogP contribution in [0.5, 0.6) is 0 Å². The van der Waals surface area contributed by atoms with Crippen LogP contribution < -0.4 is 11.1 Å². The molecule has 0 radical (unpaired) electrons. The van der Waals surface area contributed by atoms with E-state index in [9.17, 15) is 5.11 Å². The number of hydrogen-bond acceptors (Lipinski definition) is 9. The van der Waals surface area contributed by atoms with Gasteiger partial charge < -0.3 is 29.7 Å². The maximum Gasteiger partial charge on any atom is 0.192 e.